The van der Waals surface area contributed by atoms with Gasteiger partial charge in [0.1, 0.15) is 5.78 Å². The van der Waals surface area contributed by atoms with Gasteiger partial charge in [-0.15, -0.1) is 0 Å². The van der Waals surface area contributed by atoms with Crippen LogP contribution in [0.1, 0.15) is 30.7 Å². The largest absolute Gasteiger partial charge is 0.300 e. The summed E-state index contributed by atoms with van der Waals surface area (Å²) >= 11 is 7.07. The number of carbonyl (C=O) groups excluding carboxylic acids is 1. The maximum atomic E-state index is 11.2. The highest BCUT2D eigenvalue weighted by Crippen LogP contribution is 2.39. The van der Waals surface area contributed by atoms with E-state index in [4.69, 9.17) is 0 Å². The lowest BCUT2D eigenvalue weighted by Crippen LogP contribution is -1.96. The molecular weight excluding hydrogens is 308 g/mol. The van der Waals surface area contributed by atoms with E-state index in [0.29, 0.717) is 18.1 Å². The molecule has 0 spiro atoms. The first-order valence-electron chi connectivity index (χ1n) is 4.64. The molecular formula is C11H10Br2O. The van der Waals surface area contributed by atoms with Crippen LogP contribution in [0.4, 0.5) is 0 Å². The van der Waals surface area contributed by atoms with Gasteiger partial charge in [-0.3, -0.25) is 4.79 Å². The maximum Gasteiger partial charge on any atom is 0.133 e. The Bertz CT molecular complexity index is 353. The Labute approximate surface area is 100 Å². The topological polar surface area (TPSA) is 17.1 Å². The maximum absolute atomic E-state index is 11.2. The lowest BCUT2D eigenvalue weighted by Gasteiger charge is -2.12. The molecule has 0 aromatic heterocycles. The average molecular weight is 318 g/mol. The first-order valence-corrected chi connectivity index (χ1v) is 6.22. The van der Waals surface area contributed by atoms with Crippen molar-refractivity contribution in [2.24, 2.45) is 0 Å². The highest BCUT2D eigenvalue weighted by Gasteiger charge is 2.26. The molecule has 1 aromatic carbocycles. The van der Waals surface area contributed by atoms with Gasteiger partial charge in [-0.05, 0) is 30.0 Å². The van der Waals surface area contributed by atoms with Gasteiger partial charge in [0.25, 0.3) is 0 Å². The molecule has 0 aliphatic heterocycles. The van der Waals surface area contributed by atoms with Gasteiger partial charge < -0.3 is 0 Å². The van der Waals surface area contributed by atoms with Crippen LogP contribution < -0.4 is 0 Å². The molecule has 1 nitrogen and oxygen atoms in total. The van der Waals surface area contributed by atoms with Crippen molar-refractivity contribution >= 4 is 37.6 Å². The molecule has 1 saturated carbocycles. The third-order valence-electron chi connectivity index (χ3n) is 2.65. The van der Waals surface area contributed by atoms with E-state index in [-0.39, 0.29) is 0 Å². The van der Waals surface area contributed by atoms with Gasteiger partial charge >= 0.3 is 0 Å². The van der Waals surface area contributed by atoms with E-state index in [0.717, 1.165) is 21.8 Å². The minimum Gasteiger partial charge on any atom is -0.300 e. The number of hydrogen-bond donors (Lipinski definition) is 0. The second-order valence-electron chi connectivity index (χ2n) is 3.61. The molecule has 0 radical (unpaired) electrons. The van der Waals surface area contributed by atoms with Gasteiger partial charge in [-0.2, -0.15) is 0 Å². The summed E-state index contributed by atoms with van der Waals surface area (Å²) in [6.45, 7) is 0. The molecule has 14 heavy (non-hydrogen) atoms. The number of ketones is 1. The van der Waals surface area contributed by atoms with Crippen molar-refractivity contribution in [2.45, 2.75) is 25.2 Å². The SMILES string of the molecule is O=C1CCC(c2c(Br)cccc2Br)C1. The molecule has 3 heteroatoms. The van der Waals surface area contributed by atoms with Gasteiger partial charge in [-0.25, -0.2) is 0 Å². The zero-order valence-electron chi connectivity index (χ0n) is 7.59. The zero-order chi connectivity index (χ0) is 10.1. The van der Waals surface area contributed by atoms with Crippen LogP contribution in [0.15, 0.2) is 27.1 Å². The van der Waals surface area contributed by atoms with E-state index < -0.39 is 0 Å². The molecule has 1 aliphatic carbocycles. The summed E-state index contributed by atoms with van der Waals surface area (Å²) in [5.41, 5.74) is 1.25. The number of Topliss-reactive ketones (excluding diaryl/α,β-unsaturated/α-hetero) is 1. The van der Waals surface area contributed by atoms with Crippen LogP contribution in [0.25, 0.3) is 0 Å². The van der Waals surface area contributed by atoms with Gasteiger partial charge in [0, 0.05) is 21.8 Å². The number of carbonyl (C=O) groups is 1. The Morgan fingerprint density at radius 1 is 1.21 bits per heavy atom. The fourth-order valence-corrected chi connectivity index (χ4v) is 3.61. The standard InChI is InChI=1S/C11H10Br2O/c12-9-2-1-3-10(13)11(9)7-4-5-8(14)6-7/h1-3,7H,4-6H2. The summed E-state index contributed by atoms with van der Waals surface area (Å²) in [6, 6.07) is 6.06. The Kier molecular flexibility index (Phi) is 3.07. The van der Waals surface area contributed by atoms with E-state index in [1.54, 1.807) is 0 Å². The zero-order valence-corrected chi connectivity index (χ0v) is 10.8. The molecule has 1 aliphatic rings. The van der Waals surface area contributed by atoms with Crippen LogP contribution in [-0.2, 0) is 4.79 Å². The van der Waals surface area contributed by atoms with Crippen LogP contribution in [0, 0.1) is 0 Å². The van der Waals surface area contributed by atoms with Crippen LogP contribution in [-0.4, -0.2) is 5.78 Å². The lowest BCUT2D eigenvalue weighted by atomic mass is 9.98. The van der Waals surface area contributed by atoms with Gasteiger partial charge in [-0.1, -0.05) is 37.9 Å². The van der Waals surface area contributed by atoms with Gasteiger partial charge in [0.05, 0.1) is 0 Å². The monoisotopic (exact) mass is 316 g/mol. The summed E-state index contributed by atoms with van der Waals surface area (Å²) in [7, 11) is 0. The molecule has 0 N–H and O–H groups in total. The summed E-state index contributed by atoms with van der Waals surface area (Å²) < 4.78 is 2.21. The summed E-state index contributed by atoms with van der Waals surface area (Å²) in [5, 5.41) is 0. The average Bonchev–Trinajstić information content (AvgIpc) is 2.51. The van der Waals surface area contributed by atoms with Crippen molar-refractivity contribution in [1.29, 1.82) is 0 Å². The molecule has 0 bridgehead atoms. The first-order chi connectivity index (χ1) is 6.68. The van der Waals surface area contributed by atoms with E-state index in [9.17, 15) is 4.79 Å². The molecule has 1 fully saturated rings. The first kappa shape index (κ1) is 10.4. The Morgan fingerprint density at radius 2 is 1.86 bits per heavy atom. The summed E-state index contributed by atoms with van der Waals surface area (Å²) in [6.07, 6.45) is 2.42. The Morgan fingerprint density at radius 3 is 2.36 bits per heavy atom. The molecule has 2 rings (SSSR count). The van der Waals surface area contributed by atoms with Crippen LogP contribution in [0.2, 0.25) is 0 Å². The van der Waals surface area contributed by atoms with Gasteiger partial charge in [0.2, 0.25) is 0 Å². The van der Waals surface area contributed by atoms with Crippen LogP contribution >= 0.6 is 31.9 Å². The van der Waals surface area contributed by atoms with E-state index in [1.807, 2.05) is 18.2 Å². The molecule has 1 atom stereocenters. The van der Waals surface area contributed by atoms with Gasteiger partial charge in [0.15, 0.2) is 0 Å². The van der Waals surface area contributed by atoms with Crippen molar-refractivity contribution in [3.8, 4) is 0 Å². The fraction of sp³-hybridized carbons (Fsp3) is 0.364. The Hall–Kier alpha value is -0.150. The Balaban J connectivity index is 2.36. The predicted octanol–water partition coefficient (Wildman–Crippen LogP) is 4.05. The van der Waals surface area contributed by atoms with Crippen LogP contribution in [0.5, 0.6) is 0 Å². The van der Waals surface area contributed by atoms with Crippen molar-refractivity contribution < 1.29 is 4.79 Å². The molecule has 1 aromatic rings. The van der Waals surface area contributed by atoms with Crippen molar-refractivity contribution in [1.82, 2.24) is 0 Å². The minimum atomic E-state index is 0.387. The number of rotatable bonds is 1. The number of hydrogen-bond acceptors (Lipinski definition) is 1. The highest BCUT2D eigenvalue weighted by atomic mass is 79.9. The second kappa shape index (κ2) is 4.15. The van der Waals surface area contributed by atoms with Crippen molar-refractivity contribution in [3.63, 3.8) is 0 Å². The minimum absolute atomic E-state index is 0.387. The lowest BCUT2D eigenvalue weighted by molar-refractivity contribution is -0.117. The quantitative estimate of drug-likeness (QED) is 0.763. The molecule has 1 unspecified atom stereocenters. The smallest absolute Gasteiger partial charge is 0.133 e. The van der Waals surface area contributed by atoms with E-state index in [1.165, 1.54) is 5.56 Å². The third kappa shape index (κ3) is 1.94. The van der Waals surface area contributed by atoms with Crippen molar-refractivity contribution in [3.05, 3.63) is 32.7 Å². The molecule has 0 heterocycles. The highest BCUT2D eigenvalue weighted by molar-refractivity contribution is 9.11. The second-order valence-corrected chi connectivity index (χ2v) is 5.32. The molecule has 74 valence electrons. The summed E-state index contributed by atoms with van der Waals surface area (Å²) in [5.74, 6) is 0.783. The normalized spacial score (nSPS) is 21.6. The molecule has 0 saturated heterocycles. The fourth-order valence-electron chi connectivity index (χ4n) is 1.96. The van der Waals surface area contributed by atoms with Crippen LogP contribution in [0.3, 0.4) is 0 Å². The third-order valence-corrected chi connectivity index (χ3v) is 4.04. The number of benzene rings is 1. The summed E-state index contributed by atoms with van der Waals surface area (Å²) in [4.78, 5) is 11.2. The van der Waals surface area contributed by atoms with E-state index in [2.05, 4.69) is 31.9 Å². The van der Waals surface area contributed by atoms with Crippen molar-refractivity contribution in [2.75, 3.05) is 0 Å². The number of halogens is 2. The van der Waals surface area contributed by atoms with E-state index >= 15 is 0 Å². The predicted molar refractivity (Wildman–Crippen MR) is 63.4 cm³/mol. The molecule has 0 amide bonds.